The highest BCUT2D eigenvalue weighted by molar-refractivity contribution is 7.90. The number of aliphatic hydroxyl groups excluding tert-OH is 4. The highest BCUT2D eigenvalue weighted by atomic mass is 32.2. The van der Waals surface area contributed by atoms with Gasteiger partial charge in [0, 0.05) is 0 Å². The predicted molar refractivity (Wildman–Crippen MR) is 216 cm³/mol. The zero-order chi connectivity index (χ0) is 46.6. The van der Waals surface area contributed by atoms with Crippen LogP contribution in [-0.4, -0.2) is 75.1 Å². The molecule has 0 unspecified atom stereocenters. The number of sulfonamides is 4. The Morgan fingerprint density at radius 2 is 0.450 bits per heavy atom. The summed E-state index contributed by atoms with van der Waals surface area (Å²) in [6.45, 7) is 5.18. The van der Waals surface area contributed by atoms with Gasteiger partial charge in [0.2, 0.25) is 40.1 Å². The molecule has 24 heteroatoms. The third-order valence-corrected chi connectivity index (χ3v) is 13.9. The number of rotatable bonds is 12. The molecule has 4 aromatic carbocycles. The molecule has 0 spiro atoms. The Balaban J connectivity index is 0.000000400. The van der Waals surface area contributed by atoms with E-state index in [1.165, 1.54) is 76.2 Å². The van der Waals surface area contributed by atoms with Crippen LogP contribution < -0.4 is 20.6 Å². The van der Waals surface area contributed by atoms with E-state index in [-0.39, 0.29) is 0 Å². The van der Waals surface area contributed by atoms with E-state index in [0.717, 1.165) is 48.5 Å². The van der Waals surface area contributed by atoms with Crippen molar-refractivity contribution in [2.75, 3.05) is 0 Å². The maximum absolute atomic E-state index is 12.6. The molecule has 12 N–H and O–H groups in total. The lowest BCUT2D eigenvalue weighted by molar-refractivity contribution is 0.175. The van der Waals surface area contributed by atoms with Gasteiger partial charge in [0.25, 0.3) is 0 Å². The minimum Gasteiger partial charge on any atom is -0.387 e. The molecule has 0 bridgehead atoms. The maximum atomic E-state index is 12.6. The second-order valence-corrected chi connectivity index (χ2v) is 20.8. The molecule has 4 rings (SSSR count). The molecule has 0 aromatic heterocycles. The predicted octanol–water partition coefficient (Wildman–Crippen LogP) is 2.14. The normalized spacial score (nSPS) is 16.0. The van der Waals surface area contributed by atoms with Crippen LogP contribution in [0.25, 0.3) is 0 Å². The second-order valence-electron chi connectivity index (χ2n) is 13.2. The highest BCUT2D eigenvalue weighted by Gasteiger charge is 2.28. The van der Waals surface area contributed by atoms with Crippen molar-refractivity contribution in [1.82, 2.24) is 0 Å². The molecule has 0 amide bonds. The lowest BCUT2D eigenvalue weighted by Gasteiger charge is -2.16. The highest BCUT2D eigenvalue weighted by Crippen LogP contribution is 2.23. The third-order valence-electron chi connectivity index (χ3n) is 8.70. The summed E-state index contributed by atoms with van der Waals surface area (Å²) in [5, 5.41) is 53.6. The van der Waals surface area contributed by atoms with Crippen molar-refractivity contribution in [3.05, 3.63) is 143 Å². The zero-order valence-electron chi connectivity index (χ0n) is 32.4. The Hall–Kier alpha value is -3.92. The molecule has 0 fully saturated rings. The maximum Gasteiger partial charge on any atom is 0.214 e. The fraction of sp³-hybridized carbons (Fsp3) is 0.333. The van der Waals surface area contributed by atoms with Crippen LogP contribution in [0, 0.1) is 23.3 Å². The topological polar surface area (TPSA) is 322 Å². The van der Waals surface area contributed by atoms with E-state index in [4.69, 9.17) is 20.6 Å². The molecular weight excluding hydrogens is 885 g/mol. The molecule has 0 aliphatic rings. The summed E-state index contributed by atoms with van der Waals surface area (Å²) in [7, 11) is -15.2. The van der Waals surface area contributed by atoms with Crippen molar-refractivity contribution in [3.8, 4) is 0 Å². The first-order valence-corrected chi connectivity index (χ1v) is 23.5. The minimum atomic E-state index is -3.80. The van der Waals surface area contributed by atoms with Crippen LogP contribution >= 0.6 is 0 Å². The third kappa shape index (κ3) is 18.0. The first kappa shape index (κ1) is 54.1. The number of halogens is 4. The fourth-order valence-electron chi connectivity index (χ4n) is 4.44. The summed E-state index contributed by atoms with van der Waals surface area (Å²) in [5.41, 5.74) is 1.27. The van der Waals surface area contributed by atoms with E-state index in [0.29, 0.717) is 22.3 Å². The van der Waals surface area contributed by atoms with Crippen molar-refractivity contribution in [2.24, 2.45) is 20.6 Å². The molecule has 0 saturated carbocycles. The first-order chi connectivity index (χ1) is 27.3. The Bertz CT molecular complexity index is 2060. The van der Waals surface area contributed by atoms with Gasteiger partial charge < -0.3 is 20.4 Å². The Labute approximate surface area is 346 Å². The van der Waals surface area contributed by atoms with Gasteiger partial charge in [-0.25, -0.2) is 71.8 Å². The molecule has 4 aromatic rings. The van der Waals surface area contributed by atoms with Gasteiger partial charge in [-0.2, -0.15) is 0 Å². The van der Waals surface area contributed by atoms with Gasteiger partial charge in [-0.1, -0.05) is 48.5 Å². The lowest BCUT2D eigenvalue weighted by atomic mass is 10.1. The van der Waals surface area contributed by atoms with Gasteiger partial charge in [-0.15, -0.1) is 0 Å². The quantitative estimate of drug-likeness (QED) is 0.0948. The molecule has 0 saturated heterocycles. The van der Waals surface area contributed by atoms with Crippen LogP contribution in [0.5, 0.6) is 0 Å². The van der Waals surface area contributed by atoms with Crippen LogP contribution in [0.3, 0.4) is 0 Å². The number of hydrogen-bond acceptors (Lipinski definition) is 12. The number of benzene rings is 4. The average molecular weight is 933 g/mol. The number of primary sulfonamides is 4. The molecule has 336 valence electrons. The summed E-state index contributed by atoms with van der Waals surface area (Å²) >= 11 is 0. The number of nitrogens with two attached hydrogens (primary N) is 4. The fourth-order valence-corrected chi connectivity index (χ4v) is 6.51. The molecule has 8 atom stereocenters. The Morgan fingerprint density at radius 1 is 0.333 bits per heavy atom. The van der Waals surface area contributed by atoms with Crippen LogP contribution in [0.4, 0.5) is 17.6 Å². The molecule has 60 heavy (non-hydrogen) atoms. The van der Waals surface area contributed by atoms with E-state index in [1.54, 1.807) is 0 Å². The average Bonchev–Trinajstić information content (AvgIpc) is 3.16. The summed E-state index contributed by atoms with van der Waals surface area (Å²) in [6.07, 6.45) is -5.00. The second kappa shape index (κ2) is 22.8. The van der Waals surface area contributed by atoms with Crippen LogP contribution in [-0.2, 0) is 40.1 Å². The molecule has 16 nitrogen and oxygen atoms in total. The van der Waals surface area contributed by atoms with Crippen LogP contribution in [0.2, 0.25) is 0 Å². The van der Waals surface area contributed by atoms with E-state index >= 15 is 0 Å². The molecule has 0 aliphatic carbocycles. The van der Waals surface area contributed by atoms with Crippen molar-refractivity contribution in [2.45, 2.75) is 73.1 Å². The Kier molecular flexibility index (Phi) is 20.5. The zero-order valence-corrected chi connectivity index (χ0v) is 35.6. The van der Waals surface area contributed by atoms with Gasteiger partial charge >= 0.3 is 0 Å². The molecule has 0 heterocycles. The van der Waals surface area contributed by atoms with Crippen LogP contribution in [0.15, 0.2) is 97.1 Å². The monoisotopic (exact) mass is 932 g/mol. The summed E-state index contributed by atoms with van der Waals surface area (Å²) in [5.74, 6) is -1.80. The van der Waals surface area contributed by atoms with E-state index in [9.17, 15) is 71.7 Å². The summed E-state index contributed by atoms with van der Waals surface area (Å²) in [4.78, 5) is 0. The SMILES string of the molecule is C[C@@H]([C@@H](O)c1ccc(F)cc1)S(N)(=O)=O.C[C@@H]([C@H](O)c1ccc(F)cc1)S(N)(=O)=O.C[C@H]([C@@H](O)c1ccc(F)cc1)S(N)(=O)=O.C[C@H]([C@H](O)c1ccc(F)cc1)S(N)(=O)=O. The van der Waals surface area contributed by atoms with Crippen molar-refractivity contribution in [3.63, 3.8) is 0 Å². The smallest absolute Gasteiger partial charge is 0.214 e. The Morgan fingerprint density at radius 3 is 0.550 bits per heavy atom. The van der Waals surface area contributed by atoms with Gasteiger partial charge in [-0.05, 0) is 98.5 Å². The van der Waals surface area contributed by atoms with Gasteiger partial charge in [0.05, 0.1) is 24.4 Å². The molecule has 0 aliphatic heterocycles. The van der Waals surface area contributed by atoms with Crippen molar-refractivity contribution in [1.29, 1.82) is 0 Å². The van der Waals surface area contributed by atoms with Crippen LogP contribution in [0.1, 0.15) is 74.4 Å². The minimum absolute atomic E-state index is 0.318. The van der Waals surface area contributed by atoms with Gasteiger partial charge in [-0.3, -0.25) is 0 Å². The largest absolute Gasteiger partial charge is 0.387 e. The molecule has 0 radical (unpaired) electrons. The lowest BCUT2D eigenvalue weighted by Crippen LogP contribution is -2.31. The van der Waals surface area contributed by atoms with Crippen molar-refractivity contribution < 1.29 is 71.7 Å². The van der Waals surface area contributed by atoms with E-state index in [2.05, 4.69) is 0 Å². The number of aliphatic hydroxyl groups is 4. The van der Waals surface area contributed by atoms with E-state index in [1.807, 2.05) is 0 Å². The van der Waals surface area contributed by atoms with Crippen molar-refractivity contribution >= 4 is 40.1 Å². The summed E-state index contributed by atoms with van der Waals surface area (Å²) < 4.78 is 138. The molecular formula is C36H48F4N4O12S4. The standard InChI is InChI=1S/4C9H12FNO3S/c4*1-6(15(11,13)14)9(12)7-2-4-8(10)5-3-7/h4*2-6,9,12H,1H3,(H2,11,13,14)/t2*6-,9+;2*6-,9-/m1010/s1. The van der Waals surface area contributed by atoms with E-state index < -0.39 is 109 Å². The number of hydrogen-bond donors (Lipinski definition) is 8. The van der Waals surface area contributed by atoms with Gasteiger partial charge in [0.15, 0.2) is 0 Å². The summed E-state index contributed by atoms with van der Waals surface area (Å²) in [6, 6.07) is 19.7. The van der Waals surface area contributed by atoms with Gasteiger partial charge in [0.1, 0.15) is 44.3 Å². The first-order valence-electron chi connectivity index (χ1n) is 17.1.